The van der Waals surface area contributed by atoms with Gasteiger partial charge in [-0.15, -0.1) is 0 Å². The first-order valence-corrected chi connectivity index (χ1v) is 30.8. The minimum absolute atomic E-state index is 0.103. The minimum Gasteiger partial charge on any atom is -0.462 e. The van der Waals surface area contributed by atoms with Crippen LogP contribution in [0.15, 0.2) is 0 Å². The largest absolute Gasteiger partial charge is 0.472 e. The first-order valence-electron chi connectivity index (χ1n) is 27.8. The van der Waals surface area contributed by atoms with Gasteiger partial charge in [-0.2, -0.15) is 0 Å². The first kappa shape index (κ1) is 69.1. The lowest BCUT2D eigenvalue weighted by molar-refractivity contribution is -0.161. The van der Waals surface area contributed by atoms with Crippen LogP contribution in [0, 0.1) is 0 Å². The van der Waals surface area contributed by atoms with Crippen LogP contribution in [0.2, 0.25) is 0 Å². The molecule has 0 aromatic rings. The molecule has 0 saturated heterocycles. The molecule has 5 atom stereocenters. The summed E-state index contributed by atoms with van der Waals surface area (Å²) in [6, 6.07) is 0. The average Bonchev–Trinajstić information content (AvgIpc) is 3.34. The molecule has 0 rings (SSSR count). The Hall–Kier alpha value is -1.94. The molecule has 0 aliphatic heterocycles. The predicted molar refractivity (Wildman–Crippen MR) is 275 cm³/mol. The van der Waals surface area contributed by atoms with Crippen LogP contribution in [-0.4, -0.2) is 96.7 Å². The van der Waals surface area contributed by atoms with Gasteiger partial charge in [-0.05, 0) is 25.7 Å². The van der Waals surface area contributed by atoms with Crippen molar-refractivity contribution in [1.82, 2.24) is 0 Å². The Balaban J connectivity index is 5.16. The molecule has 0 heterocycles. The van der Waals surface area contributed by atoms with Crippen LogP contribution < -0.4 is 0 Å². The van der Waals surface area contributed by atoms with Gasteiger partial charge in [0.1, 0.15) is 19.3 Å². The number of carbonyl (C=O) groups excluding carboxylic acids is 4. The molecule has 0 fully saturated rings. The number of carbonyl (C=O) groups is 4. The fourth-order valence-electron chi connectivity index (χ4n) is 7.51. The number of aliphatic hydroxyl groups is 1. The van der Waals surface area contributed by atoms with Crippen molar-refractivity contribution in [3.63, 3.8) is 0 Å². The molecule has 0 aliphatic carbocycles. The molecule has 0 amide bonds. The quantitative estimate of drug-likeness (QED) is 0.0222. The molecule has 19 heteroatoms. The lowest BCUT2D eigenvalue weighted by atomic mass is 10.1. The highest BCUT2D eigenvalue weighted by molar-refractivity contribution is 7.47. The van der Waals surface area contributed by atoms with Crippen LogP contribution in [0.1, 0.15) is 252 Å². The van der Waals surface area contributed by atoms with Crippen LogP contribution >= 0.6 is 15.6 Å². The third-order valence-electron chi connectivity index (χ3n) is 11.9. The number of aliphatic hydroxyl groups excluding tert-OH is 1. The van der Waals surface area contributed by atoms with E-state index in [2.05, 4.69) is 27.7 Å². The highest BCUT2D eigenvalue weighted by Gasteiger charge is 2.30. The first-order chi connectivity index (χ1) is 34.2. The van der Waals surface area contributed by atoms with Gasteiger partial charge in [-0.1, -0.05) is 201 Å². The van der Waals surface area contributed by atoms with Gasteiger partial charge in [0.25, 0.3) is 0 Å². The fraction of sp³-hybridized carbons (Fsp3) is 0.923. The number of hydrogen-bond donors (Lipinski definition) is 3. The lowest BCUT2D eigenvalue weighted by Gasteiger charge is -2.21. The summed E-state index contributed by atoms with van der Waals surface area (Å²) in [5, 5.41) is 10.4. The molecule has 0 radical (unpaired) electrons. The number of ether oxygens (including phenoxy) is 4. The zero-order valence-corrected chi connectivity index (χ0v) is 46.5. The topological polar surface area (TPSA) is 237 Å². The lowest BCUT2D eigenvalue weighted by Crippen LogP contribution is -2.30. The SMILES string of the molecule is CCCCCCCCCCCCCC(=O)O[C@H](COC(=O)CCCCCCCCCC)COP(=O)(O)OC[C@H](O)COP(=O)(O)OC[C@@H](COC(=O)CCCCCCC)OC(=O)CCCCCCCCC. The minimum atomic E-state index is -4.92. The monoisotopic (exact) mass is 1060 g/mol. The van der Waals surface area contributed by atoms with Gasteiger partial charge in [0.15, 0.2) is 12.2 Å². The summed E-state index contributed by atoms with van der Waals surface area (Å²) in [4.78, 5) is 71.2. The molecule has 0 bridgehead atoms. The van der Waals surface area contributed by atoms with E-state index in [1.54, 1.807) is 0 Å². The summed E-state index contributed by atoms with van der Waals surface area (Å²) < 4.78 is 67.1. The van der Waals surface area contributed by atoms with Gasteiger partial charge < -0.3 is 33.8 Å². The second-order valence-electron chi connectivity index (χ2n) is 18.9. The second-order valence-corrected chi connectivity index (χ2v) is 21.8. The molecule has 420 valence electrons. The Bertz CT molecular complexity index is 1400. The van der Waals surface area contributed by atoms with E-state index in [1.165, 1.54) is 57.8 Å². The second kappa shape index (κ2) is 47.8. The van der Waals surface area contributed by atoms with Crippen LogP contribution in [0.4, 0.5) is 0 Å². The molecular formula is C52H100O17P2. The molecule has 3 N–H and O–H groups in total. The number of phosphoric acid groups is 2. The maximum Gasteiger partial charge on any atom is 0.472 e. The van der Waals surface area contributed by atoms with E-state index < -0.39 is 97.5 Å². The standard InChI is InChI=1S/C52H100O17P2/c1-5-9-13-17-20-22-23-24-27-31-35-39-52(57)69-48(43-63-50(55)37-33-29-26-21-18-14-10-6-2)45-67-71(60,61)65-41-46(53)40-64-70(58,59)66-44-47(42-62-49(54)36-32-28-16-12-8-4)68-51(56)38-34-30-25-19-15-11-7-3/h46-48,53H,5-45H2,1-4H3,(H,58,59)(H,60,61)/t46-,47-,48-/m1/s1. The van der Waals surface area contributed by atoms with Crippen LogP contribution in [-0.2, 0) is 65.4 Å². The maximum atomic E-state index is 12.8. The van der Waals surface area contributed by atoms with E-state index in [0.29, 0.717) is 25.7 Å². The van der Waals surface area contributed by atoms with E-state index in [0.717, 1.165) is 116 Å². The van der Waals surface area contributed by atoms with Gasteiger partial charge >= 0.3 is 39.5 Å². The summed E-state index contributed by atoms with van der Waals surface area (Å²) >= 11 is 0. The Morgan fingerprint density at radius 2 is 0.563 bits per heavy atom. The molecule has 0 aromatic heterocycles. The van der Waals surface area contributed by atoms with Crippen molar-refractivity contribution in [3.8, 4) is 0 Å². The number of hydrogen-bond acceptors (Lipinski definition) is 15. The molecule has 71 heavy (non-hydrogen) atoms. The van der Waals surface area contributed by atoms with Crippen molar-refractivity contribution < 1.29 is 80.2 Å². The highest BCUT2D eigenvalue weighted by Crippen LogP contribution is 2.45. The van der Waals surface area contributed by atoms with Crippen molar-refractivity contribution in [1.29, 1.82) is 0 Å². The number of esters is 4. The summed E-state index contributed by atoms with van der Waals surface area (Å²) in [6.45, 7) is 4.64. The zero-order valence-electron chi connectivity index (χ0n) is 44.7. The summed E-state index contributed by atoms with van der Waals surface area (Å²) in [5.41, 5.74) is 0. The Morgan fingerprint density at radius 1 is 0.338 bits per heavy atom. The van der Waals surface area contributed by atoms with Gasteiger partial charge in [0.05, 0.1) is 26.4 Å². The Kier molecular flexibility index (Phi) is 46.4. The smallest absolute Gasteiger partial charge is 0.462 e. The van der Waals surface area contributed by atoms with Gasteiger partial charge in [0.2, 0.25) is 0 Å². The van der Waals surface area contributed by atoms with Crippen LogP contribution in [0.5, 0.6) is 0 Å². The molecule has 0 saturated carbocycles. The van der Waals surface area contributed by atoms with Crippen molar-refractivity contribution in [3.05, 3.63) is 0 Å². The summed E-state index contributed by atoms with van der Waals surface area (Å²) in [5.74, 6) is -2.17. The third kappa shape index (κ3) is 47.5. The van der Waals surface area contributed by atoms with E-state index >= 15 is 0 Å². The number of rotatable bonds is 53. The summed E-state index contributed by atoms with van der Waals surface area (Å²) in [7, 11) is -9.84. The van der Waals surface area contributed by atoms with Gasteiger partial charge in [0, 0.05) is 25.7 Å². The molecule has 0 aromatic carbocycles. The normalized spacial score (nSPS) is 14.5. The van der Waals surface area contributed by atoms with Gasteiger partial charge in [-0.25, -0.2) is 9.13 Å². The van der Waals surface area contributed by atoms with E-state index in [9.17, 15) is 43.2 Å². The summed E-state index contributed by atoms with van der Waals surface area (Å²) in [6.07, 6.45) is 28.5. The molecule has 0 spiro atoms. The van der Waals surface area contributed by atoms with Crippen molar-refractivity contribution >= 4 is 39.5 Å². The van der Waals surface area contributed by atoms with Crippen molar-refractivity contribution in [2.45, 2.75) is 271 Å². The predicted octanol–water partition coefficient (Wildman–Crippen LogP) is 13.3. The number of phosphoric ester groups is 2. The Labute approximate surface area is 428 Å². The third-order valence-corrected chi connectivity index (χ3v) is 13.8. The molecule has 17 nitrogen and oxygen atoms in total. The van der Waals surface area contributed by atoms with Crippen molar-refractivity contribution in [2.24, 2.45) is 0 Å². The zero-order chi connectivity index (χ0) is 52.7. The average molecular weight is 1060 g/mol. The van der Waals surface area contributed by atoms with E-state index in [4.69, 9.17) is 37.0 Å². The fourth-order valence-corrected chi connectivity index (χ4v) is 9.09. The Morgan fingerprint density at radius 3 is 0.831 bits per heavy atom. The molecule has 2 unspecified atom stereocenters. The van der Waals surface area contributed by atoms with E-state index in [1.807, 2.05) is 0 Å². The van der Waals surface area contributed by atoms with Crippen LogP contribution in [0.3, 0.4) is 0 Å². The highest BCUT2D eigenvalue weighted by atomic mass is 31.2. The molecule has 0 aliphatic rings. The van der Waals surface area contributed by atoms with E-state index in [-0.39, 0.29) is 25.7 Å². The molecular weight excluding hydrogens is 959 g/mol. The van der Waals surface area contributed by atoms with Crippen LogP contribution in [0.25, 0.3) is 0 Å². The number of unbranched alkanes of at least 4 members (excludes halogenated alkanes) is 27. The van der Waals surface area contributed by atoms with Crippen molar-refractivity contribution in [2.75, 3.05) is 39.6 Å². The van der Waals surface area contributed by atoms with Gasteiger partial charge in [-0.3, -0.25) is 37.3 Å². The maximum absolute atomic E-state index is 12.8.